The zero-order valence-electron chi connectivity index (χ0n) is 15.8. The normalized spacial score (nSPS) is 18.1. The maximum atomic E-state index is 10.3. The summed E-state index contributed by atoms with van der Waals surface area (Å²) in [5.41, 5.74) is 2.30. The van der Waals surface area contributed by atoms with Crippen LogP contribution in [-0.2, 0) is 0 Å². The van der Waals surface area contributed by atoms with E-state index in [9.17, 15) is 5.11 Å². The van der Waals surface area contributed by atoms with Gasteiger partial charge in [0.25, 0.3) is 0 Å². The van der Waals surface area contributed by atoms with Crippen molar-refractivity contribution in [1.29, 1.82) is 0 Å². The number of benzene rings is 1. The van der Waals surface area contributed by atoms with E-state index in [0.717, 1.165) is 30.3 Å². The molecule has 0 spiro atoms. The highest BCUT2D eigenvalue weighted by molar-refractivity contribution is 5.35. The number of hydrogen-bond donors (Lipinski definition) is 1. The Morgan fingerprint density at radius 2 is 1.96 bits per heavy atom. The maximum Gasteiger partial charge on any atom is 0.122 e. The van der Waals surface area contributed by atoms with Gasteiger partial charge in [0, 0.05) is 6.54 Å². The molecule has 1 unspecified atom stereocenters. The van der Waals surface area contributed by atoms with Crippen LogP contribution in [0.15, 0.2) is 18.2 Å². The lowest BCUT2D eigenvalue weighted by Crippen LogP contribution is -2.41. The molecule has 0 radical (unpaired) electrons. The Morgan fingerprint density at radius 1 is 1.25 bits per heavy atom. The van der Waals surface area contributed by atoms with Crippen molar-refractivity contribution in [3.05, 3.63) is 29.3 Å². The summed E-state index contributed by atoms with van der Waals surface area (Å²) in [5.74, 6) is 1.73. The van der Waals surface area contributed by atoms with E-state index < -0.39 is 6.10 Å². The fourth-order valence-electron chi connectivity index (χ4n) is 3.30. The number of aryl methyl sites for hydroxylation is 2. The Morgan fingerprint density at radius 3 is 2.62 bits per heavy atom. The molecule has 1 aromatic rings. The second kappa shape index (κ2) is 9.40. The van der Waals surface area contributed by atoms with Crippen LogP contribution in [0.25, 0.3) is 0 Å². The maximum absolute atomic E-state index is 10.3. The van der Waals surface area contributed by atoms with Crippen LogP contribution < -0.4 is 4.74 Å². The van der Waals surface area contributed by atoms with E-state index in [-0.39, 0.29) is 0 Å². The van der Waals surface area contributed by atoms with Gasteiger partial charge in [-0.2, -0.15) is 0 Å². The van der Waals surface area contributed by atoms with E-state index in [0.29, 0.717) is 13.2 Å². The van der Waals surface area contributed by atoms with Gasteiger partial charge in [-0.15, -0.1) is 0 Å². The van der Waals surface area contributed by atoms with E-state index >= 15 is 0 Å². The van der Waals surface area contributed by atoms with Gasteiger partial charge in [0.15, 0.2) is 0 Å². The third-order valence-electron chi connectivity index (χ3n) is 4.94. The van der Waals surface area contributed by atoms with E-state index in [1.807, 2.05) is 13.0 Å². The number of hydrogen-bond acceptors (Lipinski definition) is 4. The van der Waals surface area contributed by atoms with E-state index in [4.69, 9.17) is 4.74 Å². The number of ether oxygens (including phenoxy) is 1. The molecule has 0 amide bonds. The van der Waals surface area contributed by atoms with Crippen molar-refractivity contribution in [2.75, 3.05) is 46.9 Å². The minimum absolute atomic E-state index is 0.366. The molecule has 1 aromatic carbocycles. The van der Waals surface area contributed by atoms with Gasteiger partial charge >= 0.3 is 0 Å². The molecule has 1 N–H and O–H groups in total. The van der Waals surface area contributed by atoms with Crippen molar-refractivity contribution in [2.24, 2.45) is 5.92 Å². The first kappa shape index (κ1) is 19.2. The Kier molecular flexibility index (Phi) is 7.53. The lowest BCUT2D eigenvalue weighted by molar-refractivity contribution is 0.0536. The summed E-state index contributed by atoms with van der Waals surface area (Å²) in [4.78, 5) is 4.64. The molecule has 0 bridgehead atoms. The summed E-state index contributed by atoms with van der Waals surface area (Å²) in [7, 11) is 4.28. The number of likely N-dealkylation sites (tertiary alicyclic amines) is 1. The monoisotopic (exact) mass is 334 g/mol. The smallest absolute Gasteiger partial charge is 0.122 e. The van der Waals surface area contributed by atoms with Gasteiger partial charge in [0.1, 0.15) is 18.5 Å². The number of nitrogens with zero attached hydrogens (tertiary/aromatic N) is 2. The van der Waals surface area contributed by atoms with Crippen LogP contribution >= 0.6 is 0 Å². The molecular formula is C20H34N2O2. The summed E-state index contributed by atoms with van der Waals surface area (Å²) in [6, 6.07) is 6.19. The van der Waals surface area contributed by atoms with Gasteiger partial charge in [-0.1, -0.05) is 12.1 Å². The topological polar surface area (TPSA) is 35.9 Å². The minimum atomic E-state index is -0.428. The fraction of sp³-hybridized carbons (Fsp3) is 0.700. The molecule has 1 atom stereocenters. The highest BCUT2D eigenvalue weighted by Gasteiger charge is 2.21. The largest absolute Gasteiger partial charge is 0.491 e. The van der Waals surface area contributed by atoms with Crippen molar-refractivity contribution in [2.45, 2.75) is 39.2 Å². The fourth-order valence-corrected chi connectivity index (χ4v) is 3.30. The van der Waals surface area contributed by atoms with Gasteiger partial charge in [0.2, 0.25) is 0 Å². The molecular weight excluding hydrogens is 300 g/mol. The lowest BCUT2D eigenvalue weighted by Gasteiger charge is -2.33. The highest BCUT2D eigenvalue weighted by atomic mass is 16.5. The molecule has 2 rings (SSSR count). The van der Waals surface area contributed by atoms with Crippen molar-refractivity contribution in [3.63, 3.8) is 0 Å². The molecule has 136 valence electrons. The van der Waals surface area contributed by atoms with Crippen LogP contribution in [0.5, 0.6) is 5.75 Å². The molecule has 4 nitrogen and oxygen atoms in total. The van der Waals surface area contributed by atoms with E-state index in [2.05, 4.69) is 43.0 Å². The highest BCUT2D eigenvalue weighted by Crippen LogP contribution is 2.21. The molecule has 0 aromatic heterocycles. The first-order valence-electron chi connectivity index (χ1n) is 9.19. The third-order valence-corrected chi connectivity index (χ3v) is 4.94. The van der Waals surface area contributed by atoms with Crippen LogP contribution in [0.1, 0.15) is 30.4 Å². The summed E-state index contributed by atoms with van der Waals surface area (Å²) < 4.78 is 5.82. The van der Waals surface area contributed by atoms with Gasteiger partial charge in [-0.3, -0.25) is 0 Å². The molecule has 1 fully saturated rings. The SMILES string of the molecule is Cc1ccc(C)c(OCC(O)CN2CCC(CCN(C)C)CC2)c1. The molecule has 1 heterocycles. The van der Waals surface area contributed by atoms with Crippen molar-refractivity contribution in [1.82, 2.24) is 9.80 Å². The Bertz CT molecular complexity index is 496. The zero-order chi connectivity index (χ0) is 17.5. The second-order valence-corrected chi connectivity index (χ2v) is 7.57. The predicted molar refractivity (Wildman–Crippen MR) is 99.8 cm³/mol. The predicted octanol–water partition coefficient (Wildman–Crippen LogP) is 2.71. The molecule has 0 saturated carbocycles. The molecule has 4 heteroatoms. The second-order valence-electron chi connectivity index (χ2n) is 7.57. The standard InChI is InChI=1S/C20H34N2O2/c1-16-5-6-17(2)20(13-16)24-15-19(23)14-22-11-8-18(9-12-22)7-10-21(3)4/h5-6,13,18-19,23H,7-12,14-15H2,1-4H3. The summed E-state index contributed by atoms with van der Waals surface area (Å²) in [6.45, 7) is 8.55. The van der Waals surface area contributed by atoms with Crippen LogP contribution in [-0.4, -0.2) is 67.9 Å². The van der Waals surface area contributed by atoms with Gasteiger partial charge in [0.05, 0.1) is 0 Å². The van der Waals surface area contributed by atoms with Crippen LogP contribution in [0, 0.1) is 19.8 Å². The van der Waals surface area contributed by atoms with Gasteiger partial charge < -0.3 is 19.6 Å². The zero-order valence-corrected chi connectivity index (χ0v) is 15.8. The van der Waals surface area contributed by atoms with Gasteiger partial charge in [-0.05, 0) is 90.0 Å². The van der Waals surface area contributed by atoms with Crippen molar-refractivity contribution >= 4 is 0 Å². The van der Waals surface area contributed by atoms with Crippen molar-refractivity contribution < 1.29 is 9.84 Å². The minimum Gasteiger partial charge on any atom is -0.491 e. The first-order valence-corrected chi connectivity index (χ1v) is 9.19. The third kappa shape index (κ3) is 6.42. The summed E-state index contributed by atoms with van der Waals surface area (Å²) in [6.07, 6.45) is 3.36. The average molecular weight is 335 g/mol. The lowest BCUT2D eigenvalue weighted by atomic mass is 9.93. The summed E-state index contributed by atoms with van der Waals surface area (Å²) in [5, 5.41) is 10.3. The van der Waals surface area contributed by atoms with Gasteiger partial charge in [-0.25, -0.2) is 0 Å². The van der Waals surface area contributed by atoms with E-state index in [1.54, 1.807) is 0 Å². The Hall–Kier alpha value is -1.10. The van der Waals surface area contributed by atoms with Crippen LogP contribution in [0.3, 0.4) is 0 Å². The van der Waals surface area contributed by atoms with E-state index in [1.165, 1.54) is 31.4 Å². The number of rotatable bonds is 8. The number of aliphatic hydroxyl groups is 1. The Balaban J connectivity index is 1.68. The molecule has 0 aliphatic carbocycles. The number of aliphatic hydroxyl groups excluding tert-OH is 1. The van der Waals surface area contributed by atoms with Crippen molar-refractivity contribution in [3.8, 4) is 5.75 Å². The quantitative estimate of drug-likeness (QED) is 0.793. The average Bonchev–Trinajstić information content (AvgIpc) is 2.55. The first-order chi connectivity index (χ1) is 11.4. The van der Waals surface area contributed by atoms with Crippen LogP contribution in [0.2, 0.25) is 0 Å². The molecule has 1 aliphatic rings. The van der Waals surface area contributed by atoms with Crippen LogP contribution in [0.4, 0.5) is 0 Å². The molecule has 1 saturated heterocycles. The molecule has 24 heavy (non-hydrogen) atoms. The number of β-amino-alcohol motifs (C(OH)–C–C–N with tert-alkyl or cyclic N) is 1. The molecule has 1 aliphatic heterocycles. The Labute approximate surface area is 147 Å². The number of piperidine rings is 1. The summed E-state index contributed by atoms with van der Waals surface area (Å²) >= 11 is 0.